The second kappa shape index (κ2) is 17.1. The molecule has 0 radical (unpaired) electrons. The number of piperidine rings is 1. The summed E-state index contributed by atoms with van der Waals surface area (Å²) in [6.07, 6.45) is 5.10. The van der Waals surface area contributed by atoms with Crippen LogP contribution in [0.3, 0.4) is 0 Å². The van der Waals surface area contributed by atoms with Crippen molar-refractivity contribution in [2.24, 2.45) is 10.9 Å². The van der Waals surface area contributed by atoms with Crippen LogP contribution in [0, 0.1) is 5.92 Å². The second-order valence-electron chi connectivity index (χ2n) is 17.8. The summed E-state index contributed by atoms with van der Waals surface area (Å²) >= 11 is 0. The van der Waals surface area contributed by atoms with Gasteiger partial charge in [0.2, 0.25) is 0 Å². The molecular weight excluding hydrogens is 743 g/mol. The Morgan fingerprint density at radius 1 is 0.797 bits per heavy atom. The maximum absolute atomic E-state index is 13.2. The number of ketones is 2. The molecular formula is C46H59N9O4. The van der Waals surface area contributed by atoms with E-state index in [0.717, 1.165) is 105 Å². The number of nitrogens with zero attached hydrogens (tertiary/aromatic N) is 9. The van der Waals surface area contributed by atoms with Crippen LogP contribution in [0.15, 0.2) is 53.8 Å². The summed E-state index contributed by atoms with van der Waals surface area (Å²) in [4.78, 5) is 66.2. The number of Topliss-reactive ketones (excluding diaryl/α,β-unsaturated/α-hetero) is 2. The number of aromatic nitrogens is 2. The molecule has 13 heteroatoms. The monoisotopic (exact) mass is 801 g/mol. The average molecular weight is 802 g/mol. The van der Waals surface area contributed by atoms with E-state index in [1.165, 1.54) is 38.0 Å². The Morgan fingerprint density at radius 3 is 2.39 bits per heavy atom. The van der Waals surface area contributed by atoms with E-state index in [9.17, 15) is 14.4 Å². The molecule has 2 aromatic carbocycles. The Hall–Kier alpha value is -4.72. The van der Waals surface area contributed by atoms with Gasteiger partial charge in [-0.25, -0.2) is 9.97 Å². The number of fused-ring (bicyclic) bond motifs is 2. The molecule has 2 atom stereocenters. The van der Waals surface area contributed by atoms with E-state index < -0.39 is 6.04 Å². The summed E-state index contributed by atoms with van der Waals surface area (Å²) in [5, 5.41) is 0. The molecule has 1 amide bonds. The fraction of sp³-hybridized carbons (Fsp3) is 0.565. The van der Waals surface area contributed by atoms with E-state index in [-0.39, 0.29) is 30.0 Å². The third-order valence-corrected chi connectivity index (χ3v) is 13.5. The summed E-state index contributed by atoms with van der Waals surface area (Å²) in [5.41, 5.74) is 6.95. The van der Waals surface area contributed by atoms with Gasteiger partial charge < -0.3 is 24.3 Å². The topological polar surface area (TPSA) is 118 Å². The molecule has 0 N–H and O–H groups in total. The van der Waals surface area contributed by atoms with Crippen LogP contribution >= 0.6 is 0 Å². The fourth-order valence-corrected chi connectivity index (χ4v) is 10.1. The van der Waals surface area contributed by atoms with Gasteiger partial charge in [-0.2, -0.15) is 0 Å². The van der Waals surface area contributed by atoms with Crippen LogP contribution in [0.2, 0.25) is 0 Å². The van der Waals surface area contributed by atoms with Crippen molar-refractivity contribution in [2.45, 2.75) is 84.2 Å². The van der Waals surface area contributed by atoms with E-state index in [1.807, 2.05) is 26.0 Å². The van der Waals surface area contributed by atoms with Gasteiger partial charge in [-0.1, -0.05) is 6.07 Å². The highest BCUT2D eigenvalue weighted by molar-refractivity contribution is 6.14. The van der Waals surface area contributed by atoms with Crippen molar-refractivity contribution in [3.63, 3.8) is 0 Å². The van der Waals surface area contributed by atoms with Crippen LogP contribution in [0.5, 0.6) is 5.75 Å². The third kappa shape index (κ3) is 8.65. The Morgan fingerprint density at radius 2 is 1.61 bits per heavy atom. The Balaban J connectivity index is 0.695. The number of carbonyl (C=O) groups excluding carboxylic acids is 3. The van der Waals surface area contributed by atoms with E-state index in [1.54, 1.807) is 11.2 Å². The molecule has 59 heavy (non-hydrogen) atoms. The zero-order valence-corrected chi connectivity index (χ0v) is 35.0. The van der Waals surface area contributed by atoms with E-state index >= 15 is 0 Å². The molecule has 9 rings (SSSR count). The molecule has 13 nitrogen and oxygen atoms in total. The molecule has 6 aliphatic rings. The first kappa shape index (κ1) is 39.7. The van der Waals surface area contributed by atoms with E-state index in [2.05, 4.69) is 66.7 Å². The molecule has 6 heterocycles. The number of hydrogen-bond donors (Lipinski definition) is 0. The lowest BCUT2D eigenvalue weighted by Gasteiger charge is -2.42. The van der Waals surface area contributed by atoms with Crippen LogP contribution in [-0.4, -0.2) is 149 Å². The SMILES string of the molecule is CC(C)Oc1ccc2c(c1)C(c1cc(N3CCN(CCN4CCC(CN5CCN(c6ccc7c(c6)CN(C6CCC(=O)CC6=O)C7=O)CC5)CC4)[C@@H](C)C3)ncn1)=NC2. The van der Waals surface area contributed by atoms with Crippen LogP contribution < -0.4 is 14.5 Å². The first-order valence-electron chi connectivity index (χ1n) is 22.0. The third-order valence-electron chi connectivity index (χ3n) is 13.5. The molecule has 5 aliphatic heterocycles. The zero-order valence-electron chi connectivity index (χ0n) is 35.0. The molecule has 1 aliphatic carbocycles. The summed E-state index contributed by atoms with van der Waals surface area (Å²) in [7, 11) is 0. The molecule has 1 aromatic heterocycles. The maximum Gasteiger partial charge on any atom is 0.255 e. The van der Waals surface area contributed by atoms with Gasteiger partial charge in [0, 0.05) is 107 Å². The van der Waals surface area contributed by atoms with Crippen molar-refractivity contribution in [1.29, 1.82) is 0 Å². The van der Waals surface area contributed by atoms with Crippen molar-refractivity contribution < 1.29 is 19.1 Å². The predicted molar refractivity (Wildman–Crippen MR) is 229 cm³/mol. The van der Waals surface area contributed by atoms with Gasteiger partial charge in [-0.15, -0.1) is 0 Å². The van der Waals surface area contributed by atoms with Crippen LogP contribution in [0.4, 0.5) is 11.5 Å². The molecule has 4 fully saturated rings. The predicted octanol–water partition coefficient (Wildman–Crippen LogP) is 4.31. The minimum atomic E-state index is -0.471. The number of anilines is 2. The smallest absolute Gasteiger partial charge is 0.255 e. The molecule has 3 aromatic rings. The minimum Gasteiger partial charge on any atom is -0.491 e. The van der Waals surface area contributed by atoms with Crippen molar-refractivity contribution in [3.05, 3.63) is 76.7 Å². The first-order valence-corrected chi connectivity index (χ1v) is 22.0. The fourth-order valence-electron chi connectivity index (χ4n) is 10.1. The molecule has 0 spiro atoms. The molecule has 1 unspecified atom stereocenters. The zero-order chi connectivity index (χ0) is 40.6. The summed E-state index contributed by atoms with van der Waals surface area (Å²) < 4.78 is 5.97. The lowest BCUT2D eigenvalue weighted by Crippen LogP contribution is -2.54. The number of piperazine rings is 2. The van der Waals surface area contributed by atoms with Crippen molar-refractivity contribution in [1.82, 2.24) is 29.6 Å². The number of likely N-dealkylation sites (tertiary alicyclic amines) is 1. The number of aliphatic imine (C=N–C) groups is 1. The van der Waals surface area contributed by atoms with Crippen LogP contribution in [0.25, 0.3) is 0 Å². The largest absolute Gasteiger partial charge is 0.491 e. The van der Waals surface area contributed by atoms with Crippen LogP contribution in [-0.2, 0) is 22.7 Å². The summed E-state index contributed by atoms with van der Waals surface area (Å²) in [5.74, 6) is 2.37. The van der Waals surface area contributed by atoms with Gasteiger partial charge in [-0.3, -0.25) is 29.2 Å². The summed E-state index contributed by atoms with van der Waals surface area (Å²) in [6.45, 7) is 20.2. The number of carbonyl (C=O) groups is 3. The van der Waals surface area contributed by atoms with Crippen LogP contribution in [0.1, 0.15) is 85.6 Å². The van der Waals surface area contributed by atoms with Gasteiger partial charge in [0.1, 0.15) is 23.7 Å². The number of benzene rings is 2. The highest BCUT2D eigenvalue weighted by Gasteiger charge is 2.39. The minimum absolute atomic E-state index is 0.0144. The van der Waals surface area contributed by atoms with Gasteiger partial charge in [0.25, 0.3) is 5.91 Å². The van der Waals surface area contributed by atoms with Gasteiger partial charge in [-0.05, 0) is 100 Å². The number of hydrogen-bond acceptors (Lipinski definition) is 12. The molecule has 3 saturated heterocycles. The van der Waals surface area contributed by atoms with Gasteiger partial charge in [0.05, 0.1) is 36.5 Å². The standard InChI is InChI=1S/C46H59N9O4/c1-31(2)59-38-7-4-34-26-47-45(40(34)24-38)41-25-44(49-30-48-41)54-21-20-52(32(3)27-54)17-14-50-12-10-33(11-13-50)28-51-15-18-53(19-16-51)36-5-8-39-35(22-36)29-55(46(39)58)42-9-6-37(56)23-43(42)57/h4-5,7-8,22,24-25,30-33,42H,6,9-21,23,26-29H2,1-3H3/t32-,42?/m0/s1. The highest BCUT2D eigenvalue weighted by atomic mass is 16.5. The molecule has 312 valence electrons. The van der Waals surface area contributed by atoms with E-state index in [4.69, 9.17) is 14.7 Å². The Kier molecular flexibility index (Phi) is 11.5. The first-order chi connectivity index (χ1) is 28.6. The lowest BCUT2D eigenvalue weighted by molar-refractivity contribution is -0.133. The number of ether oxygens (including phenoxy) is 1. The lowest BCUT2D eigenvalue weighted by atomic mass is 9.92. The van der Waals surface area contributed by atoms with Crippen molar-refractivity contribution in [3.8, 4) is 5.75 Å². The summed E-state index contributed by atoms with van der Waals surface area (Å²) in [6, 6.07) is 14.5. The van der Waals surface area contributed by atoms with Crippen molar-refractivity contribution in [2.75, 3.05) is 88.3 Å². The molecule has 0 bridgehead atoms. The Bertz CT molecular complexity index is 2090. The Labute approximate surface area is 348 Å². The van der Waals surface area contributed by atoms with Crippen molar-refractivity contribution >= 4 is 34.7 Å². The highest BCUT2D eigenvalue weighted by Crippen LogP contribution is 2.33. The number of amides is 1. The van der Waals surface area contributed by atoms with E-state index in [0.29, 0.717) is 37.5 Å². The van der Waals surface area contributed by atoms with Gasteiger partial charge in [0.15, 0.2) is 5.78 Å². The number of rotatable bonds is 11. The maximum atomic E-state index is 13.2. The normalized spacial score (nSPS) is 23.6. The van der Waals surface area contributed by atoms with Gasteiger partial charge >= 0.3 is 0 Å². The molecule has 1 saturated carbocycles. The second-order valence-corrected chi connectivity index (χ2v) is 17.8. The quantitative estimate of drug-likeness (QED) is 0.259. The average Bonchev–Trinajstić information content (AvgIpc) is 3.81.